The first-order valence-corrected chi connectivity index (χ1v) is 6.78. The molecule has 0 unspecified atom stereocenters. The second-order valence-electron chi connectivity index (χ2n) is 4.47. The molecule has 0 atom stereocenters. The van der Waals surface area contributed by atoms with Gasteiger partial charge in [0, 0.05) is 30.4 Å². The average Bonchev–Trinajstić information content (AvgIpc) is 2.41. The van der Waals surface area contributed by atoms with Crippen molar-refractivity contribution < 1.29 is 9.53 Å². The zero-order valence-electron chi connectivity index (χ0n) is 10.4. The van der Waals surface area contributed by atoms with Crippen molar-refractivity contribution in [2.24, 2.45) is 0 Å². The molecule has 1 aliphatic rings. The van der Waals surface area contributed by atoms with Crippen LogP contribution in [0.4, 0.5) is 5.69 Å². The lowest BCUT2D eigenvalue weighted by molar-refractivity contribution is 0.0350. The topological polar surface area (TPSA) is 55.6 Å². The minimum Gasteiger partial charge on any atom is -0.399 e. The Morgan fingerprint density at radius 1 is 1.44 bits per heavy atom. The van der Waals surface area contributed by atoms with Crippen LogP contribution in [0, 0.1) is 0 Å². The van der Waals surface area contributed by atoms with Crippen LogP contribution in [0.15, 0.2) is 22.7 Å². The van der Waals surface area contributed by atoms with Crippen molar-refractivity contribution in [1.29, 1.82) is 0 Å². The first-order valence-electron chi connectivity index (χ1n) is 5.99. The zero-order valence-corrected chi connectivity index (χ0v) is 11.9. The molecule has 0 spiro atoms. The van der Waals surface area contributed by atoms with E-state index in [1.807, 2.05) is 11.0 Å². The van der Waals surface area contributed by atoms with Crippen LogP contribution in [0.2, 0.25) is 0 Å². The number of benzene rings is 1. The number of hydrogen-bond acceptors (Lipinski definition) is 3. The van der Waals surface area contributed by atoms with E-state index in [2.05, 4.69) is 15.9 Å². The number of piperidine rings is 1. The molecule has 2 rings (SSSR count). The summed E-state index contributed by atoms with van der Waals surface area (Å²) in [5.74, 6) is 0.0312. The maximum atomic E-state index is 12.4. The number of carbonyl (C=O) groups excluding carboxylic acids is 1. The van der Waals surface area contributed by atoms with Gasteiger partial charge in [0.25, 0.3) is 5.91 Å². The number of methoxy groups -OCH3 is 1. The number of nitrogen functional groups attached to an aromatic ring is 1. The van der Waals surface area contributed by atoms with Crippen LogP contribution in [0.5, 0.6) is 0 Å². The summed E-state index contributed by atoms with van der Waals surface area (Å²) >= 11 is 3.40. The van der Waals surface area contributed by atoms with Crippen LogP contribution >= 0.6 is 15.9 Å². The van der Waals surface area contributed by atoms with Crippen molar-refractivity contribution in [2.75, 3.05) is 25.9 Å². The van der Waals surface area contributed by atoms with Gasteiger partial charge in [0.15, 0.2) is 0 Å². The van der Waals surface area contributed by atoms with Crippen LogP contribution in [-0.2, 0) is 4.74 Å². The molecular weight excluding hydrogens is 296 g/mol. The highest BCUT2D eigenvalue weighted by atomic mass is 79.9. The molecule has 1 amide bonds. The van der Waals surface area contributed by atoms with Gasteiger partial charge in [0.2, 0.25) is 0 Å². The largest absolute Gasteiger partial charge is 0.399 e. The third kappa shape index (κ3) is 2.84. The number of rotatable bonds is 2. The van der Waals surface area contributed by atoms with Crippen LogP contribution in [-0.4, -0.2) is 37.1 Å². The highest BCUT2D eigenvalue weighted by molar-refractivity contribution is 9.10. The van der Waals surface area contributed by atoms with E-state index in [1.54, 1.807) is 19.2 Å². The molecule has 5 heteroatoms. The molecule has 0 bridgehead atoms. The fourth-order valence-corrected chi connectivity index (χ4v) is 2.59. The monoisotopic (exact) mass is 312 g/mol. The number of hydrogen-bond donors (Lipinski definition) is 1. The summed E-state index contributed by atoms with van der Waals surface area (Å²) in [7, 11) is 1.72. The van der Waals surface area contributed by atoms with Crippen molar-refractivity contribution in [2.45, 2.75) is 18.9 Å². The molecular formula is C13H17BrN2O2. The van der Waals surface area contributed by atoms with E-state index >= 15 is 0 Å². The Kier molecular flexibility index (Phi) is 4.24. The normalized spacial score (nSPS) is 16.9. The lowest BCUT2D eigenvalue weighted by atomic mass is 10.1. The minimum absolute atomic E-state index is 0.0312. The number of nitrogens with zero attached hydrogens (tertiary/aromatic N) is 1. The van der Waals surface area contributed by atoms with Gasteiger partial charge >= 0.3 is 0 Å². The van der Waals surface area contributed by atoms with Crippen LogP contribution in [0.1, 0.15) is 23.2 Å². The fourth-order valence-electron chi connectivity index (χ4n) is 2.17. The van der Waals surface area contributed by atoms with E-state index < -0.39 is 0 Å². The molecule has 2 N–H and O–H groups in total. The fraction of sp³-hybridized carbons (Fsp3) is 0.462. The molecule has 0 saturated carbocycles. The van der Waals surface area contributed by atoms with Crippen LogP contribution < -0.4 is 5.73 Å². The molecule has 0 radical (unpaired) electrons. The number of ether oxygens (including phenoxy) is 1. The van der Waals surface area contributed by atoms with E-state index in [0.29, 0.717) is 11.3 Å². The molecule has 1 saturated heterocycles. The van der Waals surface area contributed by atoms with Crippen molar-refractivity contribution in [1.82, 2.24) is 4.90 Å². The van der Waals surface area contributed by atoms with E-state index in [9.17, 15) is 4.79 Å². The molecule has 1 aliphatic heterocycles. The van der Waals surface area contributed by atoms with Gasteiger partial charge in [-0.2, -0.15) is 0 Å². The number of anilines is 1. The molecule has 4 nitrogen and oxygen atoms in total. The van der Waals surface area contributed by atoms with E-state index in [1.165, 1.54) is 0 Å². The molecule has 0 aromatic heterocycles. The second-order valence-corrected chi connectivity index (χ2v) is 5.32. The maximum absolute atomic E-state index is 12.4. The van der Waals surface area contributed by atoms with Crippen molar-refractivity contribution in [3.8, 4) is 0 Å². The number of halogens is 1. The van der Waals surface area contributed by atoms with Gasteiger partial charge in [-0.15, -0.1) is 0 Å². The van der Waals surface area contributed by atoms with Gasteiger partial charge in [0.05, 0.1) is 11.7 Å². The first kappa shape index (κ1) is 13.4. The van der Waals surface area contributed by atoms with Crippen LogP contribution in [0.25, 0.3) is 0 Å². The van der Waals surface area contributed by atoms with Gasteiger partial charge in [-0.1, -0.05) is 0 Å². The molecule has 18 heavy (non-hydrogen) atoms. The minimum atomic E-state index is 0.0312. The summed E-state index contributed by atoms with van der Waals surface area (Å²) in [6.07, 6.45) is 2.06. The van der Waals surface area contributed by atoms with E-state index in [4.69, 9.17) is 10.5 Å². The third-order valence-electron chi connectivity index (χ3n) is 3.28. The first-order chi connectivity index (χ1) is 8.61. The lowest BCUT2D eigenvalue weighted by Crippen LogP contribution is -2.40. The molecule has 1 aromatic rings. The number of amides is 1. The van der Waals surface area contributed by atoms with Gasteiger partial charge in [-0.25, -0.2) is 0 Å². The number of carbonyl (C=O) groups is 1. The Balaban J connectivity index is 2.10. The molecule has 1 heterocycles. The maximum Gasteiger partial charge on any atom is 0.255 e. The highest BCUT2D eigenvalue weighted by Gasteiger charge is 2.24. The summed E-state index contributed by atoms with van der Waals surface area (Å²) in [5, 5.41) is 0. The molecule has 0 aliphatic carbocycles. The Morgan fingerprint density at radius 3 is 2.72 bits per heavy atom. The Hall–Kier alpha value is -1.07. The Morgan fingerprint density at radius 2 is 2.11 bits per heavy atom. The summed E-state index contributed by atoms with van der Waals surface area (Å²) in [6, 6.07) is 5.30. The highest BCUT2D eigenvalue weighted by Crippen LogP contribution is 2.23. The predicted molar refractivity (Wildman–Crippen MR) is 74.5 cm³/mol. The lowest BCUT2D eigenvalue weighted by Gasteiger charge is -2.31. The molecule has 1 aromatic carbocycles. The van der Waals surface area contributed by atoms with Crippen molar-refractivity contribution >= 4 is 27.5 Å². The summed E-state index contributed by atoms with van der Waals surface area (Å²) < 4.78 is 6.09. The standard InChI is InChI=1S/C13H17BrN2O2/c1-18-10-4-6-16(7-5-10)13(17)11-8-9(15)2-3-12(11)14/h2-3,8,10H,4-7,15H2,1H3. The zero-order chi connectivity index (χ0) is 13.1. The van der Waals surface area contributed by atoms with Crippen LogP contribution in [0.3, 0.4) is 0 Å². The molecule has 98 valence electrons. The van der Waals surface area contributed by atoms with Gasteiger partial charge in [-0.05, 0) is 47.0 Å². The Labute approximate surface area is 115 Å². The van der Waals surface area contributed by atoms with Crippen molar-refractivity contribution in [3.05, 3.63) is 28.2 Å². The van der Waals surface area contributed by atoms with E-state index in [0.717, 1.165) is 30.4 Å². The number of likely N-dealkylation sites (tertiary alicyclic amines) is 1. The van der Waals surface area contributed by atoms with Crippen molar-refractivity contribution in [3.63, 3.8) is 0 Å². The average molecular weight is 313 g/mol. The SMILES string of the molecule is COC1CCN(C(=O)c2cc(N)ccc2Br)CC1. The molecule has 1 fully saturated rings. The summed E-state index contributed by atoms with van der Waals surface area (Å²) in [6.45, 7) is 1.47. The van der Waals surface area contributed by atoms with E-state index in [-0.39, 0.29) is 12.0 Å². The smallest absolute Gasteiger partial charge is 0.255 e. The number of nitrogens with two attached hydrogens (primary N) is 1. The Bertz CT molecular complexity index is 443. The van der Waals surface area contributed by atoms with Gasteiger partial charge in [0.1, 0.15) is 0 Å². The predicted octanol–water partition coefficient (Wildman–Crippen LogP) is 2.28. The van der Waals surface area contributed by atoms with Gasteiger partial charge in [-0.3, -0.25) is 4.79 Å². The quantitative estimate of drug-likeness (QED) is 0.852. The summed E-state index contributed by atoms with van der Waals surface area (Å²) in [5.41, 5.74) is 6.96. The second kappa shape index (κ2) is 5.71. The summed E-state index contributed by atoms with van der Waals surface area (Å²) in [4.78, 5) is 14.2. The third-order valence-corrected chi connectivity index (χ3v) is 3.97. The van der Waals surface area contributed by atoms with Gasteiger partial charge < -0.3 is 15.4 Å².